The fourth-order valence-electron chi connectivity index (χ4n) is 4.62. The third-order valence-corrected chi connectivity index (χ3v) is 6.52. The number of hydrogen-bond donors (Lipinski definition) is 0. The fourth-order valence-corrected chi connectivity index (χ4v) is 4.62. The Bertz CT molecular complexity index is 1030. The second-order valence-corrected chi connectivity index (χ2v) is 8.93. The van der Waals surface area contributed by atoms with E-state index >= 15 is 0 Å². The summed E-state index contributed by atoms with van der Waals surface area (Å²) in [6.07, 6.45) is 0. The summed E-state index contributed by atoms with van der Waals surface area (Å²) in [4.78, 5) is 15.6. The number of carbonyl (C=O) groups is 1. The van der Waals surface area contributed by atoms with Gasteiger partial charge in [-0.05, 0) is 12.1 Å². The van der Waals surface area contributed by atoms with E-state index < -0.39 is 0 Å². The Kier molecular flexibility index (Phi) is 4.59. The van der Waals surface area contributed by atoms with Gasteiger partial charge in [0.1, 0.15) is 24.1 Å². The number of nitrogens with zero attached hydrogens (tertiary/aromatic N) is 2. The van der Waals surface area contributed by atoms with Gasteiger partial charge < -0.3 is 14.1 Å². The number of carbonyl (C=O) groups excluding carboxylic acids is 1. The molecule has 2 heterocycles. The van der Waals surface area contributed by atoms with E-state index in [1.165, 1.54) is 5.56 Å². The van der Waals surface area contributed by atoms with Gasteiger partial charge in [0.25, 0.3) is 0 Å². The van der Waals surface area contributed by atoms with Crippen LogP contribution in [0.25, 0.3) is 0 Å². The highest BCUT2D eigenvalue weighted by Gasteiger charge is 2.45. The largest absolute Gasteiger partial charge is 0.457 e. The molecule has 5 rings (SSSR count). The average Bonchev–Trinajstić information content (AvgIpc) is 2.71. The topological polar surface area (TPSA) is 29.5 Å². The zero-order valence-corrected chi connectivity index (χ0v) is 17.5. The van der Waals surface area contributed by atoms with E-state index in [0.717, 1.165) is 46.7 Å². The lowest BCUT2D eigenvalue weighted by Crippen LogP contribution is -2.67. The van der Waals surface area contributed by atoms with E-state index in [9.17, 15) is 4.79 Å². The van der Waals surface area contributed by atoms with Crippen LogP contribution < -0.4 is 4.74 Å². The Hall–Kier alpha value is -3.11. The highest BCUT2D eigenvalue weighted by atomic mass is 16.5. The van der Waals surface area contributed by atoms with Crippen molar-refractivity contribution in [2.75, 3.05) is 27.2 Å². The van der Waals surface area contributed by atoms with E-state index in [-0.39, 0.29) is 11.8 Å². The molecule has 3 aromatic rings. The number of fused-ring (bicyclic) bond motifs is 2. The molecular weight excluding hydrogens is 372 g/mol. The van der Waals surface area contributed by atoms with Gasteiger partial charge in [-0.25, -0.2) is 0 Å². The molecular formula is C26H27N2O2+. The summed E-state index contributed by atoms with van der Waals surface area (Å²) in [7, 11) is 4.52. The Morgan fingerprint density at radius 2 is 1.40 bits per heavy atom. The maximum Gasteiger partial charge on any atom is 0.235 e. The predicted molar refractivity (Wildman–Crippen MR) is 117 cm³/mol. The lowest BCUT2D eigenvalue weighted by molar-refractivity contribution is -0.932. The Labute approximate surface area is 177 Å². The number of amides is 1. The van der Waals surface area contributed by atoms with Gasteiger partial charge in [0.05, 0.1) is 33.1 Å². The van der Waals surface area contributed by atoms with Crippen LogP contribution in [0.2, 0.25) is 0 Å². The molecule has 4 heteroatoms. The standard InChI is InChI=1S/C26H27N2O2/c1-28(2,18-19-10-4-3-5-11-19)20-16-27(17-20)26(29)25-21-12-6-8-14-23(21)30-24-15-9-7-13-22(24)25/h3-15,20,25H,16-18H2,1-2H3/q+1. The summed E-state index contributed by atoms with van der Waals surface area (Å²) in [5, 5.41) is 0. The minimum Gasteiger partial charge on any atom is -0.457 e. The van der Waals surface area contributed by atoms with E-state index in [4.69, 9.17) is 4.74 Å². The molecule has 30 heavy (non-hydrogen) atoms. The SMILES string of the molecule is C[N+](C)(Cc1ccccc1)C1CN(C(=O)C2c3ccccc3Oc3ccccc32)C1. The molecule has 3 aromatic carbocycles. The molecule has 0 radical (unpaired) electrons. The van der Waals surface area contributed by atoms with Gasteiger partial charge in [0, 0.05) is 16.7 Å². The number of rotatable bonds is 4. The summed E-state index contributed by atoms with van der Waals surface area (Å²) in [6, 6.07) is 26.8. The van der Waals surface area contributed by atoms with Crippen molar-refractivity contribution in [1.29, 1.82) is 0 Å². The smallest absolute Gasteiger partial charge is 0.235 e. The fraction of sp³-hybridized carbons (Fsp3) is 0.269. The highest BCUT2D eigenvalue weighted by molar-refractivity contribution is 5.90. The van der Waals surface area contributed by atoms with Crippen LogP contribution in [0.15, 0.2) is 78.9 Å². The van der Waals surface area contributed by atoms with Crippen molar-refractivity contribution < 1.29 is 14.0 Å². The first kappa shape index (κ1) is 18.9. The summed E-state index contributed by atoms with van der Waals surface area (Å²) >= 11 is 0. The van der Waals surface area contributed by atoms with Crippen LogP contribution in [-0.2, 0) is 11.3 Å². The van der Waals surface area contributed by atoms with Crippen molar-refractivity contribution in [1.82, 2.24) is 4.90 Å². The van der Waals surface area contributed by atoms with Crippen molar-refractivity contribution in [2.45, 2.75) is 18.5 Å². The van der Waals surface area contributed by atoms with Crippen LogP contribution in [0.5, 0.6) is 11.5 Å². The van der Waals surface area contributed by atoms with Gasteiger partial charge in [0.15, 0.2) is 0 Å². The molecule has 0 spiro atoms. The number of likely N-dealkylation sites (tertiary alicyclic amines) is 1. The number of likely N-dealkylation sites (N-methyl/N-ethyl adjacent to an activating group) is 1. The first-order valence-corrected chi connectivity index (χ1v) is 10.5. The number of quaternary nitrogens is 1. The van der Waals surface area contributed by atoms with Crippen LogP contribution in [0, 0.1) is 0 Å². The van der Waals surface area contributed by atoms with Gasteiger partial charge >= 0.3 is 0 Å². The van der Waals surface area contributed by atoms with Crippen molar-refractivity contribution in [3.63, 3.8) is 0 Å². The van der Waals surface area contributed by atoms with E-state index in [0.29, 0.717) is 6.04 Å². The van der Waals surface area contributed by atoms with Gasteiger partial charge in [-0.3, -0.25) is 4.79 Å². The summed E-state index contributed by atoms with van der Waals surface area (Å²) in [5.41, 5.74) is 3.25. The molecule has 1 amide bonds. The quantitative estimate of drug-likeness (QED) is 0.608. The molecule has 1 saturated heterocycles. The predicted octanol–water partition coefficient (Wildman–Crippen LogP) is 4.41. The second kappa shape index (κ2) is 7.29. The molecule has 0 aromatic heterocycles. The van der Waals surface area contributed by atoms with E-state index in [2.05, 4.69) is 44.4 Å². The molecule has 0 bridgehead atoms. The third-order valence-electron chi connectivity index (χ3n) is 6.52. The molecule has 0 aliphatic carbocycles. The normalized spacial score (nSPS) is 16.3. The van der Waals surface area contributed by atoms with Crippen molar-refractivity contribution in [3.05, 3.63) is 95.6 Å². The second-order valence-electron chi connectivity index (χ2n) is 8.93. The van der Waals surface area contributed by atoms with Crippen LogP contribution in [0.4, 0.5) is 0 Å². The maximum absolute atomic E-state index is 13.6. The first-order chi connectivity index (χ1) is 14.5. The molecule has 152 valence electrons. The minimum atomic E-state index is -0.295. The number of para-hydroxylation sites is 2. The van der Waals surface area contributed by atoms with Gasteiger partial charge in [-0.1, -0.05) is 66.7 Å². The lowest BCUT2D eigenvalue weighted by Gasteiger charge is -2.49. The van der Waals surface area contributed by atoms with Gasteiger partial charge in [-0.15, -0.1) is 0 Å². The van der Waals surface area contributed by atoms with Crippen molar-refractivity contribution in [3.8, 4) is 11.5 Å². The summed E-state index contributed by atoms with van der Waals surface area (Å²) < 4.78 is 6.94. The van der Waals surface area contributed by atoms with E-state index in [1.807, 2.05) is 53.4 Å². The average molecular weight is 400 g/mol. The first-order valence-electron chi connectivity index (χ1n) is 10.5. The molecule has 2 aliphatic heterocycles. The molecule has 0 saturated carbocycles. The number of benzene rings is 3. The summed E-state index contributed by atoms with van der Waals surface area (Å²) in [6.45, 7) is 2.55. The molecule has 2 aliphatic rings. The Morgan fingerprint density at radius 3 is 2.00 bits per heavy atom. The van der Waals surface area contributed by atoms with Crippen molar-refractivity contribution >= 4 is 5.91 Å². The zero-order chi connectivity index (χ0) is 20.7. The van der Waals surface area contributed by atoms with Crippen LogP contribution in [0.3, 0.4) is 0 Å². The number of ether oxygens (including phenoxy) is 1. The summed E-state index contributed by atoms with van der Waals surface area (Å²) in [5.74, 6) is 1.45. The zero-order valence-electron chi connectivity index (χ0n) is 17.5. The molecule has 4 nitrogen and oxygen atoms in total. The minimum absolute atomic E-state index is 0.175. The molecule has 0 atom stereocenters. The van der Waals surface area contributed by atoms with Crippen LogP contribution in [0.1, 0.15) is 22.6 Å². The van der Waals surface area contributed by atoms with Crippen molar-refractivity contribution in [2.24, 2.45) is 0 Å². The van der Waals surface area contributed by atoms with Gasteiger partial charge in [-0.2, -0.15) is 0 Å². The van der Waals surface area contributed by atoms with Gasteiger partial charge in [0.2, 0.25) is 5.91 Å². The maximum atomic E-state index is 13.6. The molecule has 0 N–H and O–H groups in total. The number of hydrogen-bond acceptors (Lipinski definition) is 2. The van der Waals surface area contributed by atoms with Crippen LogP contribution in [-0.4, -0.2) is 48.5 Å². The Morgan fingerprint density at radius 1 is 0.867 bits per heavy atom. The molecule has 1 fully saturated rings. The van der Waals surface area contributed by atoms with E-state index in [1.54, 1.807) is 0 Å². The third kappa shape index (κ3) is 3.27. The lowest BCUT2D eigenvalue weighted by atomic mass is 9.85. The monoisotopic (exact) mass is 399 g/mol. The van der Waals surface area contributed by atoms with Crippen LogP contribution >= 0.6 is 0 Å². The molecule has 0 unspecified atom stereocenters. The Balaban J connectivity index is 1.35. The highest BCUT2D eigenvalue weighted by Crippen LogP contribution is 2.45.